The lowest BCUT2D eigenvalue weighted by molar-refractivity contribution is 0.561. The van der Waals surface area contributed by atoms with Crippen molar-refractivity contribution in [1.82, 2.24) is 9.55 Å². The molecule has 112 valence electrons. The molecule has 0 unspecified atom stereocenters. The molecule has 4 nitrogen and oxygen atoms in total. The van der Waals surface area contributed by atoms with E-state index >= 15 is 0 Å². The molecule has 0 spiro atoms. The second-order valence-corrected chi connectivity index (χ2v) is 7.33. The number of imidazole rings is 1. The van der Waals surface area contributed by atoms with Crippen LogP contribution in [0, 0.1) is 11.6 Å². The first-order valence-electron chi connectivity index (χ1n) is 6.23. The molecule has 2 aromatic rings. The number of benzene rings is 1. The van der Waals surface area contributed by atoms with Crippen LogP contribution >= 0.6 is 0 Å². The Morgan fingerprint density at radius 2 is 2.05 bits per heavy atom. The molecule has 1 atom stereocenters. The fraction of sp³-hybridized carbons (Fsp3) is 0.286. The minimum absolute atomic E-state index is 0.181. The van der Waals surface area contributed by atoms with Crippen molar-refractivity contribution >= 4 is 17.6 Å². The zero-order valence-electron chi connectivity index (χ0n) is 11.9. The minimum atomic E-state index is -1.38. The highest BCUT2D eigenvalue weighted by Crippen LogP contribution is 2.17. The van der Waals surface area contributed by atoms with Gasteiger partial charge in [0.1, 0.15) is 46.0 Å². The molecule has 0 aliphatic heterocycles. The molecule has 0 amide bonds. The van der Waals surface area contributed by atoms with Crippen LogP contribution in [-0.2, 0) is 11.4 Å². The van der Waals surface area contributed by atoms with Gasteiger partial charge in [0, 0.05) is 12.3 Å². The molecule has 0 radical (unpaired) electrons. The molecule has 0 aliphatic carbocycles. The van der Waals surface area contributed by atoms with Gasteiger partial charge in [-0.2, -0.15) is 0 Å². The lowest BCUT2D eigenvalue weighted by Crippen LogP contribution is -2.25. The summed E-state index contributed by atoms with van der Waals surface area (Å²) >= 11 is -1.38. The van der Waals surface area contributed by atoms with Crippen LogP contribution in [0.25, 0.3) is 5.69 Å². The molecule has 1 aromatic heterocycles. The number of hydrogen-bond acceptors (Lipinski definition) is 3. The van der Waals surface area contributed by atoms with E-state index in [-0.39, 0.29) is 5.69 Å². The van der Waals surface area contributed by atoms with Gasteiger partial charge in [0.25, 0.3) is 0 Å². The summed E-state index contributed by atoms with van der Waals surface area (Å²) in [7, 11) is 0. The molecule has 2 rings (SSSR count). The molecule has 7 heteroatoms. The number of aromatic nitrogens is 2. The molecule has 0 saturated heterocycles. The first kappa shape index (κ1) is 15.7. The molecule has 0 fully saturated rings. The van der Waals surface area contributed by atoms with E-state index in [1.165, 1.54) is 35.4 Å². The van der Waals surface area contributed by atoms with Gasteiger partial charge in [-0.25, -0.2) is 13.8 Å². The highest BCUT2D eigenvalue weighted by atomic mass is 32.2. The first-order valence-corrected chi connectivity index (χ1v) is 7.33. The van der Waals surface area contributed by atoms with E-state index in [4.69, 9.17) is 0 Å². The highest BCUT2D eigenvalue weighted by Gasteiger charge is 2.25. The monoisotopic (exact) mass is 311 g/mol. The van der Waals surface area contributed by atoms with Crippen LogP contribution in [-0.4, -0.2) is 25.1 Å². The quantitative estimate of drug-likeness (QED) is 0.646. The Labute approximate surface area is 124 Å². The topological polar surface area (TPSA) is 53.2 Å². The standard InChI is InChI=1S/C14H15F2N3OS/c1-14(2,3)21(20)18-7-11-8-19(9-17-11)13-5-4-10(15)6-12(13)16/h4-9H,1-3H3/b18-7+/t21-/m0/s1. The third-order valence-electron chi connectivity index (χ3n) is 2.60. The molecule has 0 bridgehead atoms. The summed E-state index contributed by atoms with van der Waals surface area (Å²) in [6.07, 6.45) is 4.29. The van der Waals surface area contributed by atoms with Gasteiger partial charge in [-0.15, -0.1) is 0 Å². The number of rotatable bonds is 3. The van der Waals surface area contributed by atoms with Gasteiger partial charge in [-0.05, 0) is 32.9 Å². The van der Waals surface area contributed by atoms with Crippen molar-refractivity contribution in [2.45, 2.75) is 25.5 Å². The van der Waals surface area contributed by atoms with Gasteiger partial charge in [0.2, 0.25) is 0 Å². The van der Waals surface area contributed by atoms with Crippen molar-refractivity contribution in [3.63, 3.8) is 0 Å². The minimum Gasteiger partial charge on any atom is -0.591 e. The summed E-state index contributed by atoms with van der Waals surface area (Å²) in [4.78, 5) is 4.03. The smallest absolute Gasteiger partial charge is 0.150 e. The van der Waals surface area contributed by atoms with Gasteiger partial charge in [0.15, 0.2) is 0 Å². The summed E-state index contributed by atoms with van der Waals surface area (Å²) in [5, 5.41) is 0. The van der Waals surface area contributed by atoms with Crippen molar-refractivity contribution < 1.29 is 13.3 Å². The summed E-state index contributed by atoms with van der Waals surface area (Å²) in [5.41, 5.74) is 0.622. The zero-order chi connectivity index (χ0) is 15.6. The Bertz CT molecular complexity index is 664. The predicted molar refractivity (Wildman–Crippen MR) is 79.0 cm³/mol. The SMILES string of the molecule is CC(C)(C)[S@+]([O-])/N=C/c1cn(-c2ccc(F)cc2F)cn1. The fourth-order valence-corrected chi connectivity index (χ4v) is 2.01. The molecular formula is C14H15F2N3OS. The van der Waals surface area contributed by atoms with Crippen LogP contribution in [0.2, 0.25) is 0 Å². The third kappa shape index (κ3) is 3.89. The van der Waals surface area contributed by atoms with Crippen LogP contribution in [0.1, 0.15) is 26.5 Å². The van der Waals surface area contributed by atoms with E-state index in [0.717, 1.165) is 6.07 Å². The van der Waals surface area contributed by atoms with E-state index in [2.05, 4.69) is 9.38 Å². The second kappa shape index (κ2) is 5.95. The van der Waals surface area contributed by atoms with Gasteiger partial charge >= 0.3 is 0 Å². The van der Waals surface area contributed by atoms with Crippen LogP contribution in [0.5, 0.6) is 0 Å². The second-order valence-electron chi connectivity index (χ2n) is 5.40. The Balaban J connectivity index is 2.20. The average molecular weight is 311 g/mol. The lowest BCUT2D eigenvalue weighted by Gasteiger charge is -2.17. The van der Waals surface area contributed by atoms with E-state index in [9.17, 15) is 13.3 Å². The first-order chi connectivity index (χ1) is 9.77. The number of nitrogens with zero attached hydrogens (tertiary/aromatic N) is 3. The van der Waals surface area contributed by atoms with Crippen LogP contribution < -0.4 is 0 Å². The lowest BCUT2D eigenvalue weighted by atomic mass is 10.3. The van der Waals surface area contributed by atoms with Crippen molar-refractivity contribution in [2.75, 3.05) is 0 Å². The van der Waals surface area contributed by atoms with Gasteiger partial charge in [-0.3, -0.25) is 0 Å². The van der Waals surface area contributed by atoms with Gasteiger partial charge in [0.05, 0.1) is 5.69 Å². The molecular weight excluding hydrogens is 296 g/mol. The van der Waals surface area contributed by atoms with Gasteiger partial charge in [-0.1, -0.05) is 4.40 Å². The molecule has 21 heavy (non-hydrogen) atoms. The van der Waals surface area contributed by atoms with Crippen LogP contribution in [0.3, 0.4) is 0 Å². The molecule has 0 aliphatic rings. The molecule has 1 aromatic carbocycles. The zero-order valence-corrected chi connectivity index (χ0v) is 12.7. The number of halogens is 2. The Morgan fingerprint density at radius 1 is 1.33 bits per heavy atom. The largest absolute Gasteiger partial charge is 0.591 e. The number of hydrogen-bond donors (Lipinski definition) is 0. The maximum atomic E-state index is 13.6. The maximum Gasteiger partial charge on any atom is 0.150 e. The van der Waals surface area contributed by atoms with E-state index in [1.54, 1.807) is 0 Å². The van der Waals surface area contributed by atoms with E-state index < -0.39 is 27.7 Å². The van der Waals surface area contributed by atoms with Crippen LogP contribution in [0.15, 0.2) is 35.1 Å². The average Bonchev–Trinajstić information content (AvgIpc) is 2.83. The van der Waals surface area contributed by atoms with Crippen molar-refractivity contribution in [3.05, 3.63) is 48.1 Å². The maximum absolute atomic E-state index is 13.6. The van der Waals surface area contributed by atoms with E-state index in [1.807, 2.05) is 20.8 Å². The Morgan fingerprint density at radius 3 is 2.67 bits per heavy atom. The highest BCUT2D eigenvalue weighted by molar-refractivity contribution is 7.91. The normalized spacial score (nSPS) is 13.8. The summed E-state index contributed by atoms with van der Waals surface area (Å²) in [6, 6.07) is 3.29. The molecule has 1 heterocycles. The van der Waals surface area contributed by atoms with Crippen molar-refractivity contribution in [3.8, 4) is 5.69 Å². The van der Waals surface area contributed by atoms with Crippen molar-refractivity contribution in [2.24, 2.45) is 4.40 Å². The Kier molecular flexibility index (Phi) is 4.43. The van der Waals surface area contributed by atoms with E-state index in [0.29, 0.717) is 5.69 Å². The fourth-order valence-electron chi connectivity index (χ4n) is 1.49. The molecule has 0 saturated carbocycles. The third-order valence-corrected chi connectivity index (χ3v) is 3.94. The molecule has 0 N–H and O–H groups in total. The van der Waals surface area contributed by atoms with Crippen LogP contribution in [0.4, 0.5) is 8.78 Å². The summed E-state index contributed by atoms with van der Waals surface area (Å²) in [5.74, 6) is -1.33. The predicted octanol–water partition coefficient (Wildman–Crippen LogP) is 3.03. The Hall–Kier alpha value is -1.73. The van der Waals surface area contributed by atoms with Crippen molar-refractivity contribution in [1.29, 1.82) is 0 Å². The summed E-state index contributed by atoms with van der Waals surface area (Å²) in [6.45, 7) is 5.44. The van der Waals surface area contributed by atoms with Gasteiger partial charge < -0.3 is 9.12 Å². The summed E-state index contributed by atoms with van der Waals surface area (Å²) < 4.78 is 43.2.